The number of aromatic nitrogens is 1. The van der Waals surface area contributed by atoms with Gasteiger partial charge in [0.2, 0.25) is 0 Å². The fourth-order valence-electron chi connectivity index (χ4n) is 2.44. The zero-order chi connectivity index (χ0) is 18.8. The molecule has 0 unspecified atom stereocenters. The van der Waals surface area contributed by atoms with Crippen molar-refractivity contribution in [2.75, 3.05) is 7.11 Å². The van der Waals surface area contributed by atoms with Crippen LogP contribution in [0.4, 0.5) is 0 Å². The second kappa shape index (κ2) is 7.61. The number of benzene rings is 2. The number of hydrogen-bond acceptors (Lipinski definition) is 4. The summed E-state index contributed by atoms with van der Waals surface area (Å²) in [6, 6.07) is 10.4. The Morgan fingerprint density at radius 2 is 1.85 bits per heavy atom. The lowest BCUT2D eigenvalue weighted by Crippen LogP contribution is -2.22. The van der Waals surface area contributed by atoms with E-state index in [1.54, 1.807) is 10.6 Å². The Bertz CT molecular complexity index is 1070. The van der Waals surface area contributed by atoms with Crippen molar-refractivity contribution in [2.24, 2.45) is 4.99 Å². The third kappa shape index (κ3) is 3.98. The monoisotopic (exact) mass is 408 g/mol. The highest BCUT2D eigenvalue weighted by atomic mass is 35.5. The Morgan fingerprint density at radius 1 is 1.15 bits per heavy atom. The minimum atomic E-state index is -0.490. The number of halogens is 2. The number of rotatable bonds is 3. The van der Waals surface area contributed by atoms with E-state index in [1.807, 2.05) is 25.1 Å². The smallest absolute Gasteiger partial charge is 0.325 e. The SMILES string of the molecule is COC(=O)Cn1c(=NC(=O)c2cc(Cl)cc(Cl)c2)sc2cc(C)ccc21. The number of carbonyl (C=O) groups excluding carboxylic acids is 2. The predicted molar refractivity (Wildman–Crippen MR) is 103 cm³/mol. The summed E-state index contributed by atoms with van der Waals surface area (Å²) in [7, 11) is 1.32. The first-order chi connectivity index (χ1) is 12.4. The molecule has 1 aromatic heterocycles. The van der Waals surface area contributed by atoms with Crippen LogP contribution in [-0.2, 0) is 16.1 Å². The van der Waals surface area contributed by atoms with Gasteiger partial charge < -0.3 is 9.30 Å². The number of amides is 1. The van der Waals surface area contributed by atoms with Gasteiger partial charge in [-0.25, -0.2) is 0 Å². The van der Waals surface area contributed by atoms with Gasteiger partial charge in [-0.3, -0.25) is 9.59 Å². The molecule has 26 heavy (non-hydrogen) atoms. The first-order valence-corrected chi connectivity index (χ1v) is 9.16. The molecule has 2 aromatic carbocycles. The number of methoxy groups -OCH3 is 1. The fraction of sp³-hybridized carbons (Fsp3) is 0.167. The van der Waals surface area contributed by atoms with Gasteiger partial charge in [-0.15, -0.1) is 0 Å². The predicted octanol–water partition coefficient (Wildman–Crippen LogP) is 4.23. The zero-order valence-corrected chi connectivity index (χ0v) is 16.3. The van der Waals surface area contributed by atoms with Crippen molar-refractivity contribution in [3.63, 3.8) is 0 Å². The third-order valence-corrected chi connectivity index (χ3v) is 5.14. The van der Waals surface area contributed by atoms with Crippen LogP contribution in [-0.4, -0.2) is 23.6 Å². The molecular weight excluding hydrogens is 395 g/mol. The minimum absolute atomic E-state index is 0.0397. The molecule has 0 radical (unpaired) electrons. The van der Waals surface area contributed by atoms with Crippen LogP contribution < -0.4 is 4.80 Å². The van der Waals surface area contributed by atoms with Gasteiger partial charge >= 0.3 is 5.97 Å². The average Bonchev–Trinajstić information content (AvgIpc) is 2.90. The molecule has 3 aromatic rings. The average molecular weight is 409 g/mol. The normalized spacial score (nSPS) is 11.8. The number of thiazole rings is 1. The molecule has 134 valence electrons. The van der Waals surface area contributed by atoms with Crippen LogP contribution in [0.2, 0.25) is 10.0 Å². The summed E-state index contributed by atoms with van der Waals surface area (Å²) in [6.45, 7) is 1.93. The summed E-state index contributed by atoms with van der Waals surface area (Å²) < 4.78 is 7.34. The van der Waals surface area contributed by atoms with Crippen LogP contribution in [0.15, 0.2) is 41.4 Å². The Labute approximate surface area is 163 Å². The molecule has 0 aliphatic rings. The van der Waals surface area contributed by atoms with E-state index in [-0.39, 0.29) is 12.1 Å². The highest BCUT2D eigenvalue weighted by molar-refractivity contribution is 7.16. The largest absolute Gasteiger partial charge is 0.468 e. The van der Waals surface area contributed by atoms with E-state index < -0.39 is 11.9 Å². The van der Waals surface area contributed by atoms with Crippen LogP contribution >= 0.6 is 34.5 Å². The summed E-state index contributed by atoms with van der Waals surface area (Å²) >= 11 is 13.2. The van der Waals surface area contributed by atoms with Gasteiger partial charge in [0, 0.05) is 15.6 Å². The Morgan fingerprint density at radius 3 is 2.50 bits per heavy atom. The summed E-state index contributed by atoms with van der Waals surface area (Å²) in [5.74, 6) is -0.915. The molecule has 0 atom stereocenters. The number of hydrogen-bond donors (Lipinski definition) is 0. The maximum Gasteiger partial charge on any atom is 0.325 e. The van der Waals surface area contributed by atoms with E-state index in [1.165, 1.54) is 30.6 Å². The highest BCUT2D eigenvalue weighted by Crippen LogP contribution is 2.21. The number of ether oxygens (including phenoxy) is 1. The summed E-state index contributed by atoms with van der Waals surface area (Å²) in [6.07, 6.45) is 0. The molecule has 3 rings (SSSR count). The maximum atomic E-state index is 12.6. The first-order valence-electron chi connectivity index (χ1n) is 7.59. The van der Waals surface area contributed by atoms with Crippen LogP contribution in [0.3, 0.4) is 0 Å². The van der Waals surface area contributed by atoms with E-state index in [0.717, 1.165) is 15.8 Å². The number of aryl methyl sites for hydroxylation is 1. The van der Waals surface area contributed by atoms with Gasteiger partial charge in [0.15, 0.2) is 4.80 Å². The molecule has 8 heteroatoms. The van der Waals surface area contributed by atoms with Gasteiger partial charge in [-0.2, -0.15) is 4.99 Å². The summed E-state index contributed by atoms with van der Waals surface area (Å²) in [4.78, 5) is 28.9. The topological polar surface area (TPSA) is 60.7 Å². The molecule has 0 aliphatic heterocycles. The summed E-state index contributed by atoms with van der Waals surface area (Å²) in [5, 5.41) is 0.705. The van der Waals surface area contributed by atoms with Crippen molar-refractivity contribution in [1.82, 2.24) is 4.57 Å². The van der Waals surface area contributed by atoms with Gasteiger partial charge in [-0.05, 0) is 42.8 Å². The van der Waals surface area contributed by atoms with Crippen molar-refractivity contribution in [3.05, 3.63) is 62.4 Å². The molecule has 0 fully saturated rings. The molecule has 0 saturated heterocycles. The molecule has 1 amide bonds. The third-order valence-electron chi connectivity index (χ3n) is 3.66. The number of fused-ring (bicyclic) bond motifs is 1. The van der Waals surface area contributed by atoms with Crippen molar-refractivity contribution in [2.45, 2.75) is 13.5 Å². The number of nitrogens with zero attached hydrogens (tertiary/aromatic N) is 2. The lowest BCUT2D eigenvalue weighted by atomic mass is 10.2. The maximum absolute atomic E-state index is 12.6. The quantitative estimate of drug-likeness (QED) is 0.609. The van der Waals surface area contributed by atoms with Crippen molar-refractivity contribution < 1.29 is 14.3 Å². The van der Waals surface area contributed by atoms with E-state index in [2.05, 4.69) is 4.99 Å². The van der Waals surface area contributed by atoms with Gasteiger partial charge in [0.1, 0.15) is 6.54 Å². The Kier molecular flexibility index (Phi) is 5.46. The molecule has 0 aliphatic carbocycles. The van der Waals surface area contributed by atoms with Gasteiger partial charge in [0.05, 0.1) is 17.3 Å². The fourth-order valence-corrected chi connectivity index (χ4v) is 4.09. The van der Waals surface area contributed by atoms with Gasteiger partial charge in [0.25, 0.3) is 5.91 Å². The molecule has 1 heterocycles. The van der Waals surface area contributed by atoms with Crippen molar-refractivity contribution >= 4 is 56.6 Å². The highest BCUT2D eigenvalue weighted by Gasteiger charge is 2.13. The number of esters is 1. The lowest BCUT2D eigenvalue weighted by Gasteiger charge is -2.04. The second-order valence-electron chi connectivity index (χ2n) is 5.59. The zero-order valence-electron chi connectivity index (χ0n) is 14.0. The second-order valence-corrected chi connectivity index (χ2v) is 7.48. The molecule has 0 spiro atoms. The van der Waals surface area contributed by atoms with E-state index in [4.69, 9.17) is 27.9 Å². The van der Waals surface area contributed by atoms with Crippen LogP contribution in [0, 0.1) is 6.92 Å². The molecule has 5 nitrogen and oxygen atoms in total. The lowest BCUT2D eigenvalue weighted by molar-refractivity contribution is -0.141. The summed E-state index contributed by atoms with van der Waals surface area (Å²) in [5.41, 5.74) is 2.16. The first kappa shape index (κ1) is 18.6. The van der Waals surface area contributed by atoms with E-state index in [0.29, 0.717) is 14.8 Å². The van der Waals surface area contributed by atoms with Crippen LogP contribution in [0.1, 0.15) is 15.9 Å². The molecule has 0 saturated carbocycles. The van der Waals surface area contributed by atoms with Crippen LogP contribution in [0.5, 0.6) is 0 Å². The van der Waals surface area contributed by atoms with Crippen molar-refractivity contribution in [3.8, 4) is 0 Å². The van der Waals surface area contributed by atoms with E-state index >= 15 is 0 Å². The molecule has 0 N–H and O–H groups in total. The number of carbonyl (C=O) groups is 2. The molecule has 0 bridgehead atoms. The van der Waals surface area contributed by atoms with E-state index in [9.17, 15) is 9.59 Å². The van der Waals surface area contributed by atoms with Crippen molar-refractivity contribution in [1.29, 1.82) is 0 Å². The standard InChI is InChI=1S/C18H14Cl2N2O3S/c1-10-3-4-14-15(5-10)26-18(22(14)9-16(23)25-2)21-17(24)11-6-12(19)8-13(20)7-11/h3-8H,9H2,1-2H3. The Balaban J connectivity index is 2.15. The van der Waals surface area contributed by atoms with Crippen LogP contribution in [0.25, 0.3) is 10.2 Å². The molecular formula is C18H14Cl2N2O3S. The minimum Gasteiger partial charge on any atom is -0.468 e. The Hall–Kier alpha value is -2.15. The van der Waals surface area contributed by atoms with Gasteiger partial charge in [-0.1, -0.05) is 40.6 Å².